The van der Waals surface area contributed by atoms with Gasteiger partial charge in [-0.05, 0) is 70.4 Å². The lowest BCUT2D eigenvalue weighted by atomic mass is 9.76. The molecule has 6 bridgehead atoms. The second kappa shape index (κ2) is 10.2. The molecular formula is C32H38N6O2. The number of rotatable bonds is 2. The van der Waals surface area contributed by atoms with E-state index in [1.165, 1.54) is 0 Å². The summed E-state index contributed by atoms with van der Waals surface area (Å²) >= 11 is 0. The first-order chi connectivity index (χ1) is 19.2. The maximum absolute atomic E-state index is 11.9. The van der Waals surface area contributed by atoms with Crippen molar-refractivity contribution in [3.8, 4) is 16.9 Å². The van der Waals surface area contributed by atoms with Crippen molar-refractivity contribution in [3.63, 3.8) is 0 Å². The number of carbonyl (C=O) groups is 1. The molecule has 1 fully saturated rings. The van der Waals surface area contributed by atoms with Crippen LogP contribution in [-0.2, 0) is 17.6 Å². The van der Waals surface area contributed by atoms with Crippen LogP contribution in [0.15, 0.2) is 42.5 Å². The van der Waals surface area contributed by atoms with Crippen LogP contribution in [0.3, 0.4) is 0 Å². The van der Waals surface area contributed by atoms with Crippen molar-refractivity contribution in [2.45, 2.75) is 72.6 Å². The first-order valence-corrected chi connectivity index (χ1v) is 14.4. The Morgan fingerprint density at radius 2 is 1.77 bits per heavy atom. The van der Waals surface area contributed by atoms with Crippen LogP contribution < -0.4 is 4.90 Å². The molecule has 3 aliphatic heterocycles. The van der Waals surface area contributed by atoms with Crippen molar-refractivity contribution in [1.82, 2.24) is 24.1 Å². The third-order valence-corrected chi connectivity index (χ3v) is 8.91. The van der Waals surface area contributed by atoms with E-state index in [4.69, 9.17) is 15.1 Å². The number of nitrogens with zero attached hydrogens (tertiary/aromatic N) is 6. The molecule has 0 radical (unpaired) electrons. The molecule has 7 rings (SSSR count). The largest absolute Gasteiger partial charge is 0.481 e. The highest BCUT2D eigenvalue weighted by Crippen LogP contribution is 2.39. The standard InChI is InChI=1S/C32H38N6O2/c1-21-23(3)37-25-11-9-10-24(18-25)27-20-29-34-22(2)26(19-30(39)40)31(38(29)35-27)36-16-14-32(4,15-17-36)13-8-6-5-7-12-28(37)33-21/h5-6,9-11,18,20H,7-8,12-17,19H2,1-4H3,(H,39,40)/b6-5+. The number of benzene rings is 1. The first-order valence-electron chi connectivity index (χ1n) is 14.4. The number of piperidine rings is 1. The SMILES string of the molecule is Cc1nc2cc3nn2c(c1CC(=O)O)N1CCC(C)(CC/C=C/CCc2nc(C)c(C)n2-c2cccc-3c2)CC1. The smallest absolute Gasteiger partial charge is 0.308 e. The predicted octanol–water partition coefficient (Wildman–Crippen LogP) is 6.02. The molecule has 1 saturated heterocycles. The van der Waals surface area contributed by atoms with E-state index >= 15 is 0 Å². The molecule has 8 heteroatoms. The molecule has 6 heterocycles. The summed E-state index contributed by atoms with van der Waals surface area (Å²) in [4.78, 5) is 24.0. The lowest BCUT2D eigenvalue weighted by Gasteiger charge is -2.41. The highest BCUT2D eigenvalue weighted by molar-refractivity contribution is 5.75. The summed E-state index contributed by atoms with van der Waals surface area (Å²) in [6.07, 6.45) is 10.8. The predicted molar refractivity (Wildman–Crippen MR) is 157 cm³/mol. The third-order valence-electron chi connectivity index (χ3n) is 8.91. The molecule has 3 aliphatic rings. The summed E-state index contributed by atoms with van der Waals surface area (Å²) in [7, 11) is 0. The molecule has 40 heavy (non-hydrogen) atoms. The highest BCUT2D eigenvalue weighted by Gasteiger charge is 2.32. The van der Waals surface area contributed by atoms with Crippen LogP contribution in [0.1, 0.15) is 67.5 Å². The Morgan fingerprint density at radius 1 is 1.00 bits per heavy atom. The van der Waals surface area contributed by atoms with Gasteiger partial charge in [-0.15, -0.1) is 0 Å². The van der Waals surface area contributed by atoms with Crippen molar-refractivity contribution >= 4 is 17.4 Å². The van der Waals surface area contributed by atoms with Crippen LogP contribution in [0.5, 0.6) is 0 Å². The molecule has 8 nitrogen and oxygen atoms in total. The number of fused-ring (bicyclic) bond motifs is 6. The van der Waals surface area contributed by atoms with Crippen molar-refractivity contribution in [2.75, 3.05) is 18.0 Å². The molecular weight excluding hydrogens is 500 g/mol. The number of carboxylic acids is 1. The Hall–Kier alpha value is -3.94. The number of anilines is 1. The highest BCUT2D eigenvalue weighted by atomic mass is 16.4. The summed E-state index contributed by atoms with van der Waals surface area (Å²) in [6.45, 7) is 10.3. The molecule has 1 N–H and O–H groups in total. The molecule has 0 unspecified atom stereocenters. The summed E-state index contributed by atoms with van der Waals surface area (Å²) < 4.78 is 4.15. The molecule has 3 aromatic heterocycles. The van der Waals surface area contributed by atoms with E-state index < -0.39 is 5.97 Å². The minimum Gasteiger partial charge on any atom is -0.481 e. The van der Waals surface area contributed by atoms with Crippen molar-refractivity contribution in [2.24, 2.45) is 5.41 Å². The zero-order valence-electron chi connectivity index (χ0n) is 23.9. The van der Waals surface area contributed by atoms with Crippen LogP contribution in [0.2, 0.25) is 0 Å². The second-order valence-electron chi connectivity index (χ2n) is 11.8. The van der Waals surface area contributed by atoms with E-state index in [1.54, 1.807) is 0 Å². The van der Waals surface area contributed by atoms with Crippen molar-refractivity contribution in [1.29, 1.82) is 0 Å². The number of hydrogen-bond acceptors (Lipinski definition) is 5. The zero-order valence-corrected chi connectivity index (χ0v) is 23.9. The Morgan fingerprint density at radius 3 is 2.55 bits per heavy atom. The average molecular weight is 539 g/mol. The molecule has 0 aliphatic carbocycles. The number of imidazole rings is 1. The van der Waals surface area contributed by atoms with Crippen LogP contribution >= 0.6 is 0 Å². The van der Waals surface area contributed by atoms with Gasteiger partial charge in [0, 0.05) is 53.8 Å². The van der Waals surface area contributed by atoms with Gasteiger partial charge in [0.15, 0.2) is 5.65 Å². The summed E-state index contributed by atoms with van der Waals surface area (Å²) in [5.41, 5.74) is 7.57. The monoisotopic (exact) mass is 538 g/mol. The number of allylic oxidation sites excluding steroid dienone is 2. The zero-order chi connectivity index (χ0) is 28.0. The number of aliphatic carboxylic acids is 1. The fourth-order valence-electron chi connectivity index (χ4n) is 6.34. The van der Waals surface area contributed by atoms with E-state index in [9.17, 15) is 9.90 Å². The van der Waals surface area contributed by atoms with E-state index in [1.807, 2.05) is 17.5 Å². The number of hydrogen-bond donors (Lipinski definition) is 1. The molecule has 0 atom stereocenters. The Kier molecular flexibility index (Phi) is 6.72. The van der Waals surface area contributed by atoms with Gasteiger partial charge in [-0.25, -0.2) is 9.97 Å². The van der Waals surface area contributed by atoms with E-state index in [0.29, 0.717) is 0 Å². The van der Waals surface area contributed by atoms with Gasteiger partial charge in [0.2, 0.25) is 0 Å². The Balaban J connectivity index is 1.53. The number of carboxylic acid groups (broad SMARTS) is 1. The van der Waals surface area contributed by atoms with Gasteiger partial charge in [-0.1, -0.05) is 31.2 Å². The fraction of sp³-hybridized carbons (Fsp3) is 0.438. The van der Waals surface area contributed by atoms with Gasteiger partial charge in [0.05, 0.1) is 17.8 Å². The Bertz CT molecular complexity index is 1620. The lowest BCUT2D eigenvalue weighted by Crippen LogP contribution is -2.40. The van der Waals surface area contributed by atoms with Gasteiger partial charge in [-0.3, -0.25) is 4.79 Å². The maximum atomic E-state index is 11.9. The molecule has 0 saturated carbocycles. The van der Waals surface area contributed by atoms with Crippen molar-refractivity contribution < 1.29 is 9.90 Å². The Labute approximate surface area is 235 Å². The normalized spacial score (nSPS) is 17.9. The van der Waals surface area contributed by atoms with Gasteiger partial charge >= 0.3 is 5.97 Å². The molecule has 0 amide bonds. The topological polar surface area (TPSA) is 88.6 Å². The average Bonchev–Trinajstić information content (AvgIpc) is 3.46. The summed E-state index contributed by atoms with van der Waals surface area (Å²) in [6, 6.07) is 10.5. The van der Waals surface area contributed by atoms with E-state index in [0.717, 1.165) is 108 Å². The van der Waals surface area contributed by atoms with Gasteiger partial charge in [0.1, 0.15) is 11.6 Å². The van der Waals surface area contributed by atoms with Crippen LogP contribution in [-0.4, -0.2) is 48.3 Å². The van der Waals surface area contributed by atoms with E-state index in [2.05, 4.69) is 66.7 Å². The van der Waals surface area contributed by atoms with Crippen LogP contribution in [0, 0.1) is 26.2 Å². The first kappa shape index (κ1) is 26.3. The lowest BCUT2D eigenvalue weighted by molar-refractivity contribution is -0.136. The summed E-state index contributed by atoms with van der Waals surface area (Å²) in [5, 5.41) is 14.8. The van der Waals surface area contributed by atoms with Gasteiger partial charge in [-0.2, -0.15) is 9.61 Å². The van der Waals surface area contributed by atoms with Crippen molar-refractivity contribution in [3.05, 3.63) is 71.0 Å². The number of aryl methyl sites for hydroxylation is 3. The van der Waals surface area contributed by atoms with Crippen LogP contribution in [0.25, 0.3) is 22.6 Å². The minimum absolute atomic E-state index is 0.0740. The molecule has 0 spiro atoms. The molecule has 1 aromatic carbocycles. The van der Waals surface area contributed by atoms with Gasteiger partial charge < -0.3 is 14.6 Å². The van der Waals surface area contributed by atoms with Crippen LogP contribution in [0.4, 0.5) is 5.82 Å². The minimum atomic E-state index is -0.855. The quantitative estimate of drug-likeness (QED) is 0.314. The maximum Gasteiger partial charge on any atom is 0.308 e. The second-order valence-corrected chi connectivity index (χ2v) is 11.8. The fourth-order valence-corrected chi connectivity index (χ4v) is 6.34. The third kappa shape index (κ3) is 4.80. The summed E-state index contributed by atoms with van der Waals surface area (Å²) in [5.74, 6) is 1.09. The van der Waals surface area contributed by atoms with Gasteiger partial charge in [0.25, 0.3) is 0 Å². The number of aromatic nitrogens is 5. The molecule has 4 aromatic rings. The van der Waals surface area contributed by atoms with E-state index in [-0.39, 0.29) is 11.8 Å². The molecule has 208 valence electrons.